The fourth-order valence-electron chi connectivity index (χ4n) is 4.10. The highest BCUT2D eigenvalue weighted by Crippen LogP contribution is 2.35. The average molecular weight is 461 g/mol. The topological polar surface area (TPSA) is 70.6 Å². The summed E-state index contributed by atoms with van der Waals surface area (Å²) in [5, 5.41) is 3.16. The summed E-state index contributed by atoms with van der Waals surface area (Å²) in [4.78, 5) is 25.4. The van der Waals surface area contributed by atoms with Crippen molar-refractivity contribution < 1.29 is 22.7 Å². The molecule has 3 heterocycles. The van der Waals surface area contributed by atoms with Crippen LogP contribution < -0.4 is 10.2 Å². The largest absolute Gasteiger partial charge is 0.378 e. The molecular weight excluding hydrogens is 435 g/mol. The van der Waals surface area contributed by atoms with Gasteiger partial charge in [0.25, 0.3) is 12.3 Å². The second-order valence-corrected chi connectivity index (χ2v) is 8.18. The molecule has 0 saturated carbocycles. The van der Waals surface area contributed by atoms with Crippen LogP contribution in [0.15, 0.2) is 30.0 Å². The van der Waals surface area contributed by atoms with Crippen molar-refractivity contribution in [2.24, 2.45) is 0 Å². The Bertz CT molecular complexity index is 1090. The summed E-state index contributed by atoms with van der Waals surface area (Å²) >= 11 is 0. The number of rotatable bonds is 5. The van der Waals surface area contributed by atoms with Gasteiger partial charge in [-0.05, 0) is 13.8 Å². The Hall–Kier alpha value is -3.14. The van der Waals surface area contributed by atoms with Gasteiger partial charge in [0.1, 0.15) is 23.3 Å². The number of likely N-dealkylation sites (N-methyl/N-ethyl adjacent to an activating group) is 1. The van der Waals surface area contributed by atoms with Crippen molar-refractivity contribution in [3.63, 3.8) is 0 Å². The summed E-state index contributed by atoms with van der Waals surface area (Å²) in [7, 11) is 1.65. The quantitative estimate of drug-likeness (QED) is 0.684. The standard InChI is InChI=1S/C23H26F3N5O2/c1-13(16-5-4-6-17(19(16)24)20(25)26)27-21-18-11-15(12-31-7-9-33-10-8-31)23(32)30(3)22(18)29-14(2)28-21/h4-6,12-13,20H,7-11H2,1-3H3,(H,27,28,29)/t13-/m1/s1. The first-order valence-corrected chi connectivity index (χ1v) is 10.8. The van der Waals surface area contributed by atoms with Gasteiger partial charge in [0, 0.05) is 49.5 Å². The Morgan fingerprint density at radius 3 is 2.58 bits per heavy atom. The minimum Gasteiger partial charge on any atom is -0.378 e. The van der Waals surface area contributed by atoms with Crippen molar-refractivity contribution in [1.29, 1.82) is 0 Å². The smallest absolute Gasteiger partial charge is 0.266 e. The van der Waals surface area contributed by atoms with Crippen LogP contribution >= 0.6 is 0 Å². The normalized spacial score (nSPS) is 18.6. The van der Waals surface area contributed by atoms with E-state index in [2.05, 4.69) is 15.3 Å². The van der Waals surface area contributed by atoms with Crippen LogP contribution in [-0.2, 0) is 16.0 Å². The highest BCUT2D eigenvalue weighted by Gasteiger charge is 2.31. The van der Waals surface area contributed by atoms with E-state index in [1.165, 1.54) is 17.0 Å². The molecule has 1 N–H and O–H groups in total. The Balaban J connectivity index is 1.68. The van der Waals surface area contributed by atoms with Crippen LogP contribution in [0.5, 0.6) is 0 Å². The molecule has 1 amide bonds. The number of amides is 1. The molecule has 1 atom stereocenters. The molecule has 176 valence electrons. The number of anilines is 2. The predicted molar refractivity (Wildman–Crippen MR) is 118 cm³/mol. The van der Waals surface area contributed by atoms with Crippen LogP contribution in [0.1, 0.15) is 41.9 Å². The fourth-order valence-corrected chi connectivity index (χ4v) is 4.10. The van der Waals surface area contributed by atoms with E-state index >= 15 is 0 Å². The summed E-state index contributed by atoms with van der Waals surface area (Å²) < 4.78 is 46.4. The number of ether oxygens (including phenoxy) is 1. The van der Waals surface area contributed by atoms with Crippen LogP contribution in [0.2, 0.25) is 0 Å². The molecule has 4 rings (SSSR count). The summed E-state index contributed by atoms with van der Waals surface area (Å²) in [6.07, 6.45) is -0.757. The number of benzene rings is 1. The lowest BCUT2D eigenvalue weighted by Gasteiger charge is -2.31. The van der Waals surface area contributed by atoms with E-state index in [1.807, 2.05) is 11.1 Å². The number of morpholine rings is 1. The molecule has 1 saturated heterocycles. The monoisotopic (exact) mass is 461 g/mol. The first-order valence-electron chi connectivity index (χ1n) is 10.8. The highest BCUT2D eigenvalue weighted by molar-refractivity contribution is 6.08. The molecule has 2 aromatic rings. The summed E-state index contributed by atoms with van der Waals surface area (Å²) in [5.74, 6) is 0.266. The minimum atomic E-state index is -2.90. The van der Waals surface area contributed by atoms with Crippen LogP contribution in [0.25, 0.3) is 0 Å². The molecule has 33 heavy (non-hydrogen) atoms. The zero-order valence-electron chi connectivity index (χ0n) is 18.7. The van der Waals surface area contributed by atoms with Gasteiger partial charge in [-0.15, -0.1) is 0 Å². The lowest BCUT2D eigenvalue weighted by molar-refractivity contribution is -0.115. The number of hydrogen-bond acceptors (Lipinski definition) is 6. The number of nitrogens with zero attached hydrogens (tertiary/aromatic N) is 4. The molecule has 7 nitrogen and oxygen atoms in total. The van der Waals surface area contributed by atoms with E-state index in [9.17, 15) is 18.0 Å². The molecule has 0 unspecified atom stereocenters. The van der Waals surface area contributed by atoms with Gasteiger partial charge in [-0.1, -0.05) is 18.2 Å². The summed E-state index contributed by atoms with van der Waals surface area (Å²) in [6.45, 7) is 5.96. The predicted octanol–water partition coefficient (Wildman–Crippen LogP) is 3.77. The SMILES string of the molecule is Cc1nc(N[C@H](C)c2cccc(C(F)F)c2F)c2c(n1)N(C)C(=O)C(=CN1CCOCC1)C2. The number of nitrogens with one attached hydrogen (secondary N) is 1. The maximum absolute atomic E-state index is 14.7. The van der Waals surface area contributed by atoms with Gasteiger partial charge in [0.2, 0.25) is 0 Å². The highest BCUT2D eigenvalue weighted by atomic mass is 19.3. The van der Waals surface area contributed by atoms with Crippen LogP contribution in [0.3, 0.4) is 0 Å². The average Bonchev–Trinajstić information content (AvgIpc) is 2.78. The number of hydrogen-bond donors (Lipinski definition) is 1. The van der Waals surface area contributed by atoms with Crippen LogP contribution in [0, 0.1) is 12.7 Å². The van der Waals surface area contributed by atoms with Gasteiger partial charge >= 0.3 is 0 Å². The van der Waals surface area contributed by atoms with Gasteiger partial charge in [-0.25, -0.2) is 23.1 Å². The Morgan fingerprint density at radius 2 is 1.88 bits per heavy atom. The van der Waals surface area contributed by atoms with E-state index < -0.39 is 23.8 Å². The zero-order chi connectivity index (χ0) is 23.7. The summed E-state index contributed by atoms with van der Waals surface area (Å²) in [6, 6.07) is 3.32. The first kappa shape index (κ1) is 23.0. The van der Waals surface area contributed by atoms with Crippen molar-refractivity contribution in [2.45, 2.75) is 32.7 Å². The van der Waals surface area contributed by atoms with E-state index in [-0.39, 0.29) is 11.5 Å². The third-order valence-corrected chi connectivity index (χ3v) is 5.86. The molecule has 10 heteroatoms. The van der Waals surface area contributed by atoms with E-state index in [1.54, 1.807) is 20.9 Å². The lowest BCUT2D eigenvalue weighted by Crippen LogP contribution is -2.38. The molecule has 1 aromatic carbocycles. The third-order valence-electron chi connectivity index (χ3n) is 5.86. The van der Waals surface area contributed by atoms with Crippen molar-refractivity contribution in [1.82, 2.24) is 14.9 Å². The molecule has 0 radical (unpaired) electrons. The van der Waals surface area contributed by atoms with Crippen molar-refractivity contribution in [3.05, 3.63) is 58.3 Å². The molecule has 0 bridgehead atoms. The second-order valence-electron chi connectivity index (χ2n) is 8.18. The Labute approximate surface area is 190 Å². The number of carbonyl (C=O) groups excluding carboxylic acids is 1. The maximum atomic E-state index is 14.7. The van der Waals surface area contributed by atoms with E-state index in [0.29, 0.717) is 61.3 Å². The van der Waals surface area contributed by atoms with Gasteiger partial charge in [0.05, 0.1) is 24.8 Å². The molecule has 2 aliphatic rings. The van der Waals surface area contributed by atoms with E-state index in [0.717, 1.165) is 6.07 Å². The first-order chi connectivity index (χ1) is 15.8. The molecular formula is C23H26F3N5O2. The molecule has 1 aromatic heterocycles. The lowest BCUT2D eigenvalue weighted by atomic mass is 9.99. The number of aryl methyl sites for hydroxylation is 1. The number of halogens is 3. The third kappa shape index (κ3) is 4.66. The van der Waals surface area contributed by atoms with Gasteiger partial charge in [0.15, 0.2) is 0 Å². The number of alkyl halides is 2. The molecule has 0 spiro atoms. The second kappa shape index (κ2) is 9.38. The van der Waals surface area contributed by atoms with Gasteiger partial charge in [-0.2, -0.15) is 0 Å². The summed E-state index contributed by atoms with van der Waals surface area (Å²) in [5.41, 5.74) is 0.755. The number of aromatic nitrogens is 2. The molecule has 0 aliphatic carbocycles. The van der Waals surface area contributed by atoms with Gasteiger partial charge < -0.3 is 15.0 Å². The zero-order valence-corrected chi connectivity index (χ0v) is 18.7. The van der Waals surface area contributed by atoms with Crippen LogP contribution in [0.4, 0.5) is 24.8 Å². The maximum Gasteiger partial charge on any atom is 0.266 e. The molecule has 2 aliphatic heterocycles. The van der Waals surface area contributed by atoms with Gasteiger partial charge in [-0.3, -0.25) is 9.69 Å². The van der Waals surface area contributed by atoms with E-state index in [4.69, 9.17) is 4.74 Å². The van der Waals surface area contributed by atoms with Crippen molar-refractivity contribution >= 4 is 17.5 Å². The molecule has 1 fully saturated rings. The Kier molecular flexibility index (Phi) is 6.55. The fraction of sp³-hybridized carbons (Fsp3) is 0.435. The van der Waals surface area contributed by atoms with Crippen molar-refractivity contribution in [2.75, 3.05) is 43.6 Å². The Morgan fingerprint density at radius 1 is 1.18 bits per heavy atom. The number of carbonyl (C=O) groups is 1. The minimum absolute atomic E-state index is 0.113. The number of fused-ring (bicyclic) bond motifs is 1. The van der Waals surface area contributed by atoms with Crippen molar-refractivity contribution in [3.8, 4) is 0 Å². The van der Waals surface area contributed by atoms with Crippen LogP contribution in [-0.4, -0.2) is 54.1 Å².